The molecule has 10 rings (SSSR count). The van der Waals surface area contributed by atoms with Crippen LogP contribution in [0, 0.1) is 0 Å². The van der Waals surface area contributed by atoms with Gasteiger partial charge in [0.25, 0.3) is 0 Å². The van der Waals surface area contributed by atoms with Gasteiger partial charge in [-0.15, -0.1) is 0 Å². The molecule has 0 heteroatoms. The van der Waals surface area contributed by atoms with Crippen LogP contribution < -0.4 is 0 Å². The summed E-state index contributed by atoms with van der Waals surface area (Å²) >= 11 is 0. The Hall–Kier alpha value is -6.50. The van der Waals surface area contributed by atoms with Crippen LogP contribution >= 0.6 is 0 Å². The molecule has 0 unspecified atom stereocenters. The molecule has 0 aliphatic rings. The predicted molar refractivity (Wildman–Crippen MR) is 217 cm³/mol. The summed E-state index contributed by atoms with van der Waals surface area (Å²) in [6.07, 6.45) is 0. The van der Waals surface area contributed by atoms with Gasteiger partial charge in [0.15, 0.2) is 0 Å². The lowest BCUT2D eigenvalue weighted by atomic mass is 9.86. The van der Waals surface area contributed by atoms with E-state index in [1.54, 1.807) is 0 Å². The Morgan fingerprint density at radius 2 is 0.560 bits per heavy atom. The number of rotatable bonds is 3. The Labute approximate surface area is 292 Å². The van der Waals surface area contributed by atoms with Crippen LogP contribution in [0.1, 0.15) is 0 Å². The van der Waals surface area contributed by atoms with Gasteiger partial charge in [-0.2, -0.15) is 0 Å². The molecular weight excluding hydrogens is 601 g/mol. The van der Waals surface area contributed by atoms with Gasteiger partial charge < -0.3 is 0 Å². The molecule has 0 atom stereocenters. The molecule has 0 spiro atoms. The van der Waals surface area contributed by atoms with E-state index in [4.69, 9.17) is 0 Å². The second kappa shape index (κ2) is 12.8. The Kier molecular flexibility index (Phi) is 7.61. The monoisotopic (exact) mass is 634 g/mol. The molecule has 234 valence electrons. The molecule has 0 fully saturated rings. The third-order valence-corrected chi connectivity index (χ3v) is 9.88. The van der Waals surface area contributed by atoms with Crippen LogP contribution in [0.15, 0.2) is 206 Å². The van der Waals surface area contributed by atoms with Crippen molar-refractivity contribution < 1.29 is 0 Å². The highest BCUT2D eigenvalue weighted by Crippen LogP contribution is 2.43. The van der Waals surface area contributed by atoms with E-state index in [1.165, 1.54) is 87.2 Å². The van der Waals surface area contributed by atoms with Crippen LogP contribution in [0.5, 0.6) is 0 Å². The van der Waals surface area contributed by atoms with Crippen molar-refractivity contribution in [2.24, 2.45) is 0 Å². The highest BCUT2D eigenvalue weighted by molar-refractivity contribution is 6.21. The first kappa shape index (κ1) is 29.6. The van der Waals surface area contributed by atoms with Gasteiger partial charge in [0, 0.05) is 0 Å². The maximum atomic E-state index is 2.32. The van der Waals surface area contributed by atoms with E-state index in [0.717, 1.165) is 0 Å². The van der Waals surface area contributed by atoms with E-state index in [-0.39, 0.29) is 0 Å². The first-order valence-corrected chi connectivity index (χ1v) is 17.3. The van der Waals surface area contributed by atoms with Gasteiger partial charge in [-0.3, -0.25) is 0 Å². The predicted octanol–water partition coefficient (Wildman–Crippen LogP) is 14.1. The largest absolute Gasteiger partial charge is 0.0622 e. The molecule has 0 aromatic heterocycles. The van der Waals surface area contributed by atoms with Crippen molar-refractivity contribution in [1.82, 2.24) is 0 Å². The number of hydrogen-bond donors (Lipinski definition) is 0. The minimum Gasteiger partial charge on any atom is -0.0622 e. The topological polar surface area (TPSA) is 0 Å². The molecule has 0 nitrogen and oxygen atoms in total. The lowest BCUT2D eigenvalue weighted by molar-refractivity contribution is 1.65. The van der Waals surface area contributed by atoms with Gasteiger partial charge in [-0.25, -0.2) is 0 Å². The minimum absolute atomic E-state index is 1.26. The van der Waals surface area contributed by atoms with Crippen molar-refractivity contribution >= 4 is 53.9 Å². The van der Waals surface area contributed by atoms with Gasteiger partial charge in [0.1, 0.15) is 0 Å². The van der Waals surface area contributed by atoms with E-state index in [1.807, 2.05) is 0 Å². The zero-order chi connectivity index (χ0) is 33.3. The molecule has 0 bridgehead atoms. The van der Waals surface area contributed by atoms with Crippen molar-refractivity contribution in [3.05, 3.63) is 206 Å². The van der Waals surface area contributed by atoms with E-state index in [2.05, 4.69) is 206 Å². The summed E-state index contributed by atoms with van der Waals surface area (Å²) < 4.78 is 0. The van der Waals surface area contributed by atoms with Gasteiger partial charge >= 0.3 is 0 Å². The van der Waals surface area contributed by atoms with Crippen molar-refractivity contribution in [3.63, 3.8) is 0 Å². The van der Waals surface area contributed by atoms with Gasteiger partial charge in [0.2, 0.25) is 0 Å². The van der Waals surface area contributed by atoms with Crippen molar-refractivity contribution in [1.29, 1.82) is 0 Å². The van der Waals surface area contributed by atoms with E-state index < -0.39 is 0 Å². The molecule has 0 saturated carbocycles. The quantitative estimate of drug-likeness (QED) is 0.170. The zero-order valence-corrected chi connectivity index (χ0v) is 27.6. The third-order valence-electron chi connectivity index (χ3n) is 9.88. The summed E-state index contributed by atoms with van der Waals surface area (Å²) in [5.74, 6) is 0. The first-order valence-electron chi connectivity index (χ1n) is 17.3. The maximum absolute atomic E-state index is 2.32. The molecule has 0 aliphatic heterocycles. The Bertz CT molecular complexity index is 2630. The average Bonchev–Trinajstić information content (AvgIpc) is 3.19. The second-order valence-corrected chi connectivity index (χ2v) is 12.8. The summed E-state index contributed by atoms with van der Waals surface area (Å²) in [5, 5.41) is 13.0. The highest BCUT2D eigenvalue weighted by atomic mass is 14.2. The summed E-state index contributed by atoms with van der Waals surface area (Å²) in [6, 6.07) is 73.9. The molecule has 50 heavy (non-hydrogen) atoms. The fraction of sp³-hybridized carbons (Fsp3) is 0. The Morgan fingerprint density at radius 3 is 1.08 bits per heavy atom. The summed E-state index contributed by atoms with van der Waals surface area (Å²) in [7, 11) is 0. The lowest BCUT2D eigenvalue weighted by Crippen LogP contribution is -1.90. The molecule has 0 saturated heterocycles. The molecule has 0 N–H and O–H groups in total. The second-order valence-electron chi connectivity index (χ2n) is 12.8. The van der Waals surface area contributed by atoms with Crippen molar-refractivity contribution in [2.45, 2.75) is 0 Å². The fourth-order valence-electron chi connectivity index (χ4n) is 7.62. The molecule has 10 aromatic rings. The Morgan fingerprint density at radius 1 is 0.200 bits per heavy atom. The first-order chi connectivity index (χ1) is 24.8. The van der Waals surface area contributed by atoms with Crippen LogP contribution in [0.2, 0.25) is 0 Å². The molecule has 0 heterocycles. The standard InChI is InChI=1S/C26H18.C24H16/c1-3-11-19(12-4-1)25-21-15-7-9-17-23(21)26(20-13-5-2-6-14-20)24-18-10-8-16-22(24)25;1-2-9-19-16-24-20(15-18(19)8-1)11-6-14-23(24)22-13-5-10-17-7-3-4-12-21(17)22/h1-18H;1-16H. The van der Waals surface area contributed by atoms with Gasteiger partial charge in [-0.1, -0.05) is 194 Å². The Balaban J connectivity index is 0.000000135. The molecule has 0 amide bonds. The third kappa shape index (κ3) is 5.28. The maximum Gasteiger partial charge on any atom is -0.00264 e. The minimum atomic E-state index is 1.26. The molecular formula is C50H34. The normalized spacial score (nSPS) is 11.2. The van der Waals surface area contributed by atoms with Gasteiger partial charge in [-0.05, 0) is 99.4 Å². The van der Waals surface area contributed by atoms with Gasteiger partial charge in [0.05, 0.1) is 0 Å². The summed E-state index contributed by atoms with van der Waals surface area (Å²) in [4.78, 5) is 0. The van der Waals surface area contributed by atoms with Crippen LogP contribution in [0.3, 0.4) is 0 Å². The fourth-order valence-corrected chi connectivity index (χ4v) is 7.62. The molecule has 0 aliphatic carbocycles. The number of fused-ring (bicyclic) bond motifs is 5. The highest BCUT2D eigenvalue weighted by Gasteiger charge is 2.15. The van der Waals surface area contributed by atoms with Crippen LogP contribution in [-0.2, 0) is 0 Å². The SMILES string of the molecule is c1ccc(-c2c3ccccc3c(-c3ccccc3)c3ccccc23)cc1.c1ccc2cc3c(-c4cccc5ccccc45)cccc3cc2c1. The van der Waals surface area contributed by atoms with E-state index in [0.29, 0.717) is 0 Å². The van der Waals surface area contributed by atoms with E-state index >= 15 is 0 Å². The van der Waals surface area contributed by atoms with E-state index in [9.17, 15) is 0 Å². The molecule has 0 radical (unpaired) electrons. The van der Waals surface area contributed by atoms with Crippen molar-refractivity contribution in [3.8, 4) is 33.4 Å². The van der Waals surface area contributed by atoms with Crippen LogP contribution in [-0.4, -0.2) is 0 Å². The average molecular weight is 635 g/mol. The van der Waals surface area contributed by atoms with Crippen molar-refractivity contribution in [2.75, 3.05) is 0 Å². The number of benzene rings is 10. The lowest BCUT2D eigenvalue weighted by Gasteiger charge is -2.17. The smallest absolute Gasteiger partial charge is 0.00264 e. The van der Waals surface area contributed by atoms with Crippen LogP contribution in [0.4, 0.5) is 0 Å². The summed E-state index contributed by atoms with van der Waals surface area (Å²) in [5.41, 5.74) is 7.76. The molecule has 10 aromatic carbocycles. The summed E-state index contributed by atoms with van der Waals surface area (Å²) in [6.45, 7) is 0. The zero-order valence-electron chi connectivity index (χ0n) is 27.6. The van der Waals surface area contributed by atoms with Crippen LogP contribution in [0.25, 0.3) is 87.2 Å². The number of hydrogen-bond acceptors (Lipinski definition) is 0.